The predicted octanol–water partition coefficient (Wildman–Crippen LogP) is 2.36. The van der Waals surface area contributed by atoms with Crippen molar-refractivity contribution in [3.8, 4) is 0 Å². The van der Waals surface area contributed by atoms with Gasteiger partial charge in [-0.3, -0.25) is 4.79 Å². The number of nitrogens with zero attached hydrogens (tertiary/aromatic N) is 3. The Morgan fingerprint density at radius 3 is 2.88 bits per heavy atom. The Hall–Kier alpha value is -2.43. The van der Waals surface area contributed by atoms with E-state index in [1.807, 2.05) is 18.2 Å². The summed E-state index contributed by atoms with van der Waals surface area (Å²) in [4.78, 5) is 23.6. The number of carbonyl (C=O) groups is 1. The molecule has 1 saturated heterocycles. The lowest BCUT2D eigenvalue weighted by molar-refractivity contribution is 0.0932. The smallest absolute Gasteiger partial charge is 0.251 e. The maximum absolute atomic E-state index is 12.8. The molecule has 1 unspecified atom stereocenters. The molecule has 1 aliphatic heterocycles. The molecule has 1 aliphatic carbocycles. The van der Waals surface area contributed by atoms with Gasteiger partial charge in [0.2, 0.25) is 5.95 Å². The third kappa shape index (κ3) is 2.98. The number of benzene rings is 1. The summed E-state index contributed by atoms with van der Waals surface area (Å²) in [6, 6.07) is 8.08. The summed E-state index contributed by atoms with van der Waals surface area (Å²) >= 11 is 0. The SMILES string of the molecule is O=C(NC1CCCN(c2ncccn2)C1)c1cccc2c1CCC2. The first kappa shape index (κ1) is 15.1. The van der Waals surface area contributed by atoms with Crippen molar-refractivity contribution in [3.05, 3.63) is 53.3 Å². The Bertz CT molecular complexity index is 731. The molecule has 2 aromatic rings. The maximum Gasteiger partial charge on any atom is 0.251 e. The number of nitrogens with one attached hydrogen (secondary N) is 1. The molecule has 5 heteroatoms. The Kier molecular flexibility index (Phi) is 4.15. The van der Waals surface area contributed by atoms with Crippen molar-refractivity contribution in [3.63, 3.8) is 0 Å². The van der Waals surface area contributed by atoms with Crippen LogP contribution in [0.4, 0.5) is 5.95 Å². The molecule has 1 fully saturated rings. The van der Waals surface area contributed by atoms with Crippen molar-refractivity contribution in [2.45, 2.75) is 38.1 Å². The fourth-order valence-corrected chi connectivity index (χ4v) is 3.83. The van der Waals surface area contributed by atoms with Crippen LogP contribution in [0, 0.1) is 0 Å². The van der Waals surface area contributed by atoms with Gasteiger partial charge in [-0.25, -0.2) is 9.97 Å². The minimum absolute atomic E-state index is 0.0644. The zero-order valence-corrected chi connectivity index (χ0v) is 13.7. The fourth-order valence-electron chi connectivity index (χ4n) is 3.83. The van der Waals surface area contributed by atoms with E-state index in [9.17, 15) is 4.79 Å². The molecule has 124 valence electrons. The lowest BCUT2D eigenvalue weighted by atomic mass is 10.0. The lowest BCUT2D eigenvalue weighted by Gasteiger charge is -2.33. The first-order valence-electron chi connectivity index (χ1n) is 8.75. The zero-order valence-electron chi connectivity index (χ0n) is 13.7. The molecule has 4 rings (SSSR count). The number of piperidine rings is 1. The van der Waals surface area contributed by atoms with Crippen LogP contribution in [0.3, 0.4) is 0 Å². The van der Waals surface area contributed by atoms with Gasteiger partial charge in [-0.2, -0.15) is 0 Å². The van der Waals surface area contributed by atoms with Gasteiger partial charge >= 0.3 is 0 Å². The highest BCUT2D eigenvalue weighted by Crippen LogP contribution is 2.25. The Morgan fingerprint density at radius 1 is 1.12 bits per heavy atom. The van der Waals surface area contributed by atoms with Gasteiger partial charge in [0, 0.05) is 37.1 Å². The summed E-state index contributed by atoms with van der Waals surface area (Å²) in [5.41, 5.74) is 3.44. The standard InChI is InChI=1S/C19H22N4O/c24-18(17-9-2-6-14-5-1-8-16(14)17)22-15-7-3-12-23(13-15)19-20-10-4-11-21-19/h2,4,6,9-11,15H,1,3,5,7-8,12-13H2,(H,22,24). The third-order valence-corrected chi connectivity index (χ3v) is 4.98. The minimum atomic E-state index is 0.0644. The van der Waals surface area contributed by atoms with Gasteiger partial charge in [0.15, 0.2) is 0 Å². The van der Waals surface area contributed by atoms with Gasteiger partial charge in [-0.1, -0.05) is 12.1 Å². The van der Waals surface area contributed by atoms with Crippen LogP contribution in [0.1, 0.15) is 40.7 Å². The number of anilines is 1. The van der Waals surface area contributed by atoms with Crippen LogP contribution in [-0.2, 0) is 12.8 Å². The number of carbonyl (C=O) groups excluding carboxylic acids is 1. The number of hydrogen-bond acceptors (Lipinski definition) is 4. The Balaban J connectivity index is 1.45. The molecule has 1 atom stereocenters. The number of aromatic nitrogens is 2. The quantitative estimate of drug-likeness (QED) is 0.942. The molecular weight excluding hydrogens is 300 g/mol. The topological polar surface area (TPSA) is 58.1 Å². The van der Waals surface area contributed by atoms with Crippen molar-refractivity contribution in [1.82, 2.24) is 15.3 Å². The van der Waals surface area contributed by atoms with Crippen molar-refractivity contribution in [2.75, 3.05) is 18.0 Å². The Morgan fingerprint density at radius 2 is 2.00 bits per heavy atom. The van der Waals surface area contributed by atoms with Crippen LogP contribution < -0.4 is 10.2 Å². The number of hydrogen-bond donors (Lipinski definition) is 1. The molecule has 2 heterocycles. The predicted molar refractivity (Wildman–Crippen MR) is 93.2 cm³/mol. The normalized spacial score (nSPS) is 19.8. The number of rotatable bonds is 3. The second-order valence-electron chi connectivity index (χ2n) is 6.60. The molecule has 2 aliphatic rings. The second-order valence-corrected chi connectivity index (χ2v) is 6.60. The molecule has 0 saturated carbocycles. The second kappa shape index (κ2) is 6.59. The van der Waals surface area contributed by atoms with Gasteiger partial charge in [0.05, 0.1) is 0 Å². The molecule has 1 N–H and O–H groups in total. The average Bonchev–Trinajstić information content (AvgIpc) is 3.11. The van der Waals surface area contributed by atoms with Gasteiger partial charge in [0.1, 0.15) is 0 Å². The van der Waals surface area contributed by atoms with Crippen molar-refractivity contribution in [1.29, 1.82) is 0 Å². The number of fused-ring (bicyclic) bond motifs is 1. The molecular formula is C19H22N4O. The highest BCUT2D eigenvalue weighted by Gasteiger charge is 2.25. The van der Waals surface area contributed by atoms with E-state index in [1.165, 1.54) is 11.1 Å². The molecule has 1 aromatic heterocycles. The summed E-state index contributed by atoms with van der Waals surface area (Å²) in [6.07, 6.45) is 8.84. The summed E-state index contributed by atoms with van der Waals surface area (Å²) in [6.45, 7) is 1.71. The summed E-state index contributed by atoms with van der Waals surface area (Å²) in [5, 5.41) is 3.23. The van der Waals surface area contributed by atoms with Crippen LogP contribution in [-0.4, -0.2) is 35.0 Å². The highest BCUT2D eigenvalue weighted by atomic mass is 16.1. The van der Waals surface area contributed by atoms with E-state index in [2.05, 4.69) is 26.3 Å². The van der Waals surface area contributed by atoms with Gasteiger partial charge in [-0.05, 0) is 55.4 Å². The summed E-state index contributed by atoms with van der Waals surface area (Å²) < 4.78 is 0. The van der Waals surface area contributed by atoms with Crippen molar-refractivity contribution < 1.29 is 4.79 Å². The van der Waals surface area contributed by atoms with Crippen molar-refractivity contribution in [2.24, 2.45) is 0 Å². The molecule has 0 radical (unpaired) electrons. The molecule has 24 heavy (non-hydrogen) atoms. The van der Waals surface area contributed by atoms with E-state index in [0.717, 1.165) is 56.7 Å². The maximum atomic E-state index is 12.8. The average molecular weight is 322 g/mol. The Labute approximate surface area is 142 Å². The van der Waals surface area contributed by atoms with E-state index < -0.39 is 0 Å². The first-order valence-corrected chi connectivity index (χ1v) is 8.75. The first-order chi connectivity index (χ1) is 11.8. The number of aryl methyl sites for hydroxylation is 1. The largest absolute Gasteiger partial charge is 0.348 e. The van der Waals surface area contributed by atoms with E-state index in [1.54, 1.807) is 12.4 Å². The summed E-state index contributed by atoms with van der Waals surface area (Å²) in [5.74, 6) is 0.812. The van der Waals surface area contributed by atoms with Crippen LogP contribution in [0.15, 0.2) is 36.7 Å². The number of amides is 1. The lowest BCUT2D eigenvalue weighted by Crippen LogP contribution is -2.48. The van der Waals surface area contributed by atoms with E-state index in [4.69, 9.17) is 0 Å². The van der Waals surface area contributed by atoms with Gasteiger partial charge in [-0.15, -0.1) is 0 Å². The third-order valence-electron chi connectivity index (χ3n) is 4.98. The minimum Gasteiger partial charge on any atom is -0.348 e. The van der Waals surface area contributed by atoms with Crippen LogP contribution in [0.2, 0.25) is 0 Å². The van der Waals surface area contributed by atoms with Crippen LogP contribution >= 0.6 is 0 Å². The fraction of sp³-hybridized carbons (Fsp3) is 0.421. The highest BCUT2D eigenvalue weighted by molar-refractivity contribution is 5.96. The van der Waals surface area contributed by atoms with Gasteiger partial charge in [0.25, 0.3) is 5.91 Å². The molecule has 5 nitrogen and oxygen atoms in total. The van der Waals surface area contributed by atoms with Crippen LogP contribution in [0.25, 0.3) is 0 Å². The van der Waals surface area contributed by atoms with Crippen molar-refractivity contribution >= 4 is 11.9 Å². The van der Waals surface area contributed by atoms with Crippen LogP contribution in [0.5, 0.6) is 0 Å². The molecule has 1 aromatic carbocycles. The van der Waals surface area contributed by atoms with E-state index in [-0.39, 0.29) is 11.9 Å². The molecule has 1 amide bonds. The molecule has 0 spiro atoms. The van der Waals surface area contributed by atoms with Gasteiger partial charge < -0.3 is 10.2 Å². The van der Waals surface area contributed by atoms with E-state index >= 15 is 0 Å². The summed E-state index contributed by atoms with van der Waals surface area (Å²) in [7, 11) is 0. The monoisotopic (exact) mass is 322 g/mol. The molecule has 0 bridgehead atoms. The van der Waals surface area contributed by atoms with E-state index in [0.29, 0.717) is 0 Å². The zero-order chi connectivity index (χ0) is 16.4.